The lowest BCUT2D eigenvalue weighted by molar-refractivity contribution is -0.147. The molecule has 1 aromatic carbocycles. The molecular weight excluding hydrogens is 414 g/mol. The molecule has 168 valence electrons. The number of carbonyl (C=O) groups excluding carboxylic acids is 3. The number of carbonyl (C=O) groups is 3. The smallest absolute Gasteiger partial charge is 0.330 e. The van der Waals surface area contributed by atoms with Crippen LogP contribution in [0, 0.1) is 11.8 Å². The number of aliphatic hydroxyl groups excluding tert-OH is 1. The summed E-state index contributed by atoms with van der Waals surface area (Å²) in [6, 6.07) is 11.2. The summed E-state index contributed by atoms with van der Waals surface area (Å²) >= 11 is 0. The molecule has 1 aromatic heterocycles. The number of hydrogen-bond donors (Lipinski definition) is 4. The molecule has 1 unspecified atom stereocenters. The Balaban J connectivity index is 1.74. The van der Waals surface area contributed by atoms with Gasteiger partial charge in [-0.1, -0.05) is 24.1 Å². The molecule has 9 nitrogen and oxygen atoms in total. The van der Waals surface area contributed by atoms with Crippen LogP contribution in [0.15, 0.2) is 46.9 Å². The van der Waals surface area contributed by atoms with E-state index in [9.17, 15) is 19.5 Å². The number of rotatable bonds is 6. The van der Waals surface area contributed by atoms with Crippen molar-refractivity contribution in [3.05, 3.63) is 59.5 Å². The number of amides is 2. The SMILES string of the molecule is COC(=O)C(CO)NC(=O)C1(NC(=O)c2ccc(C#Cc3ccccc3)o2)CCNCC1. The van der Waals surface area contributed by atoms with Gasteiger partial charge in [0.05, 0.1) is 13.7 Å². The third-order valence-electron chi connectivity index (χ3n) is 5.15. The Morgan fingerprint density at radius 2 is 1.88 bits per heavy atom. The first-order valence-corrected chi connectivity index (χ1v) is 10.2. The molecule has 0 spiro atoms. The minimum atomic E-state index is -1.27. The molecule has 0 bridgehead atoms. The lowest BCUT2D eigenvalue weighted by Crippen LogP contribution is -2.65. The van der Waals surface area contributed by atoms with E-state index in [2.05, 4.69) is 32.5 Å². The standard InChI is InChI=1S/C23H25N3O6/c1-31-21(29)18(15-27)25-22(30)23(11-13-24-14-12-23)26-20(28)19-10-9-17(32-19)8-7-16-5-3-2-4-6-16/h2-6,9-10,18,24,27H,11-15H2,1H3,(H,25,30)(H,26,28). The average molecular weight is 439 g/mol. The van der Waals surface area contributed by atoms with Crippen LogP contribution in [-0.2, 0) is 14.3 Å². The molecule has 32 heavy (non-hydrogen) atoms. The fourth-order valence-electron chi connectivity index (χ4n) is 3.34. The Hall–Kier alpha value is -3.61. The minimum Gasteiger partial charge on any atom is -0.467 e. The Bertz CT molecular complexity index is 1020. The van der Waals surface area contributed by atoms with Crippen LogP contribution in [-0.4, -0.2) is 61.3 Å². The van der Waals surface area contributed by atoms with Gasteiger partial charge >= 0.3 is 5.97 Å². The molecule has 4 N–H and O–H groups in total. The number of ether oxygens (including phenoxy) is 1. The molecule has 0 radical (unpaired) electrons. The number of hydrogen-bond acceptors (Lipinski definition) is 7. The summed E-state index contributed by atoms with van der Waals surface area (Å²) in [7, 11) is 1.16. The van der Waals surface area contributed by atoms with Crippen molar-refractivity contribution < 1.29 is 28.6 Å². The average Bonchev–Trinajstić information content (AvgIpc) is 3.31. The Morgan fingerprint density at radius 3 is 2.53 bits per heavy atom. The van der Waals surface area contributed by atoms with Crippen molar-refractivity contribution in [3.8, 4) is 11.8 Å². The van der Waals surface area contributed by atoms with Crippen LogP contribution in [0.4, 0.5) is 0 Å². The zero-order valence-electron chi connectivity index (χ0n) is 17.6. The minimum absolute atomic E-state index is 0.0137. The second kappa shape index (κ2) is 10.6. The van der Waals surface area contributed by atoms with E-state index in [-0.39, 0.29) is 5.76 Å². The predicted octanol–water partition coefficient (Wildman–Crippen LogP) is 0.182. The van der Waals surface area contributed by atoms with Crippen LogP contribution >= 0.6 is 0 Å². The highest BCUT2D eigenvalue weighted by atomic mass is 16.5. The molecular formula is C23H25N3O6. The van der Waals surface area contributed by atoms with Crippen molar-refractivity contribution in [2.24, 2.45) is 0 Å². The van der Waals surface area contributed by atoms with Crippen molar-refractivity contribution in [2.75, 3.05) is 26.8 Å². The molecule has 1 atom stereocenters. The first-order valence-electron chi connectivity index (χ1n) is 10.2. The monoisotopic (exact) mass is 439 g/mol. The predicted molar refractivity (Wildman–Crippen MR) is 114 cm³/mol. The number of furan rings is 1. The van der Waals surface area contributed by atoms with E-state index in [0.29, 0.717) is 31.7 Å². The molecule has 2 heterocycles. The van der Waals surface area contributed by atoms with Gasteiger partial charge in [-0.3, -0.25) is 9.59 Å². The van der Waals surface area contributed by atoms with Gasteiger partial charge in [0.2, 0.25) is 5.91 Å². The first-order chi connectivity index (χ1) is 15.5. The molecule has 1 saturated heterocycles. The fourth-order valence-corrected chi connectivity index (χ4v) is 3.34. The Kier molecular flexibility index (Phi) is 7.65. The normalized spacial score (nSPS) is 15.6. The van der Waals surface area contributed by atoms with E-state index in [1.165, 1.54) is 6.07 Å². The topological polar surface area (TPSA) is 130 Å². The van der Waals surface area contributed by atoms with Crippen molar-refractivity contribution in [1.29, 1.82) is 0 Å². The van der Waals surface area contributed by atoms with Gasteiger partial charge in [0.1, 0.15) is 5.54 Å². The second-order valence-corrected chi connectivity index (χ2v) is 7.30. The van der Waals surface area contributed by atoms with Crippen molar-refractivity contribution in [1.82, 2.24) is 16.0 Å². The van der Waals surface area contributed by atoms with Gasteiger partial charge in [0, 0.05) is 5.56 Å². The van der Waals surface area contributed by atoms with Crippen LogP contribution < -0.4 is 16.0 Å². The summed E-state index contributed by atoms with van der Waals surface area (Å²) < 4.78 is 10.1. The summed E-state index contributed by atoms with van der Waals surface area (Å²) in [6.07, 6.45) is 0.594. The van der Waals surface area contributed by atoms with Gasteiger partial charge in [-0.25, -0.2) is 4.79 Å². The van der Waals surface area contributed by atoms with Crippen LogP contribution in [0.25, 0.3) is 0 Å². The van der Waals surface area contributed by atoms with Gasteiger partial charge < -0.3 is 30.2 Å². The highest BCUT2D eigenvalue weighted by Gasteiger charge is 2.43. The zero-order valence-corrected chi connectivity index (χ0v) is 17.6. The highest BCUT2D eigenvalue weighted by Crippen LogP contribution is 2.21. The van der Waals surface area contributed by atoms with Crippen LogP contribution in [0.1, 0.15) is 34.7 Å². The Morgan fingerprint density at radius 1 is 1.16 bits per heavy atom. The summed E-state index contributed by atoms with van der Waals surface area (Å²) in [5.41, 5.74) is -0.462. The first kappa shape index (κ1) is 23.1. The highest BCUT2D eigenvalue weighted by molar-refractivity contribution is 5.98. The third-order valence-corrected chi connectivity index (χ3v) is 5.15. The lowest BCUT2D eigenvalue weighted by atomic mass is 9.86. The number of piperidine rings is 1. The number of esters is 1. The van der Waals surface area contributed by atoms with E-state index >= 15 is 0 Å². The summed E-state index contributed by atoms with van der Waals surface area (Å²) in [6.45, 7) is 0.353. The van der Waals surface area contributed by atoms with Gasteiger partial charge in [0.25, 0.3) is 5.91 Å². The second-order valence-electron chi connectivity index (χ2n) is 7.30. The van der Waals surface area contributed by atoms with Crippen LogP contribution in [0.3, 0.4) is 0 Å². The molecule has 9 heteroatoms. The summed E-state index contributed by atoms with van der Waals surface area (Å²) in [4.78, 5) is 37.6. The van der Waals surface area contributed by atoms with Crippen LogP contribution in [0.5, 0.6) is 0 Å². The summed E-state index contributed by atoms with van der Waals surface area (Å²) in [5, 5.41) is 17.8. The quantitative estimate of drug-likeness (QED) is 0.373. The van der Waals surface area contributed by atoms with E-state index < -0.39 is 36.0 Å². The van der Waals surface area contributed by atoms with Gasteiger partial charge in [0.15, 0.2) is 17.6 Å². The maximum absolute atomic E-state index is 13.0. The van der Waals surface area contributed by atoms with Gasteiger partial charge in [-0.05, 0) is 56.1 Å². The fraction of sp³-hybridized carbons (Fsp3) is 0.348. The number of nitrogens with one attached hydrogen (secondary N) is 3. The van der Waals surface area contributed by atoms with Gasteiger partial charge in [-0.2, -0.15) is 0 Å². The van der Waals surface area contributed by atoms with Crippen LogP contribution in [0.2, 0.25) is 0 Å². The Labute approximate surface area is 185 Å². The van der Waals surface area contributed by atoms with E-state index in [0.717, 1.165) is 12.7 Å². The summed E-state index contributed by atoms with van der Waals surface area (Å²) in [5.74, 6) is 4.21. The molecule has 1 aliphatic heterocycles. The van der Waals surface area contributed by atoms with E-state index in [1.54, 1.807) is 6.07 Å². The van der Waals surface area contributed by atoms with E-state index in [4.69, 9.17) is 4.42 Å². The number of methoxy groups -OCH3 is 1. The molecule has 3 rings (SSSR count). The molecule has 0 aliphatic carbocycles. The van der Waals surface area contributed by atoms with Crippen molar-refractivity contribution in [3.63, 3.8) is 0 Å². The molecule has 2 amide bonds. The molecule has 2 aromatic rings. The molecule has 1 aliphatic rings. The molecule has 0 saturated carbocycles. The lowest BCUT2D eigenvalue weighted by Gasteiger charge is -2.37. The van der Waals surface area contributed by atoms with Crippen molar-refractivity contribution in [2.45, 2.75) is 24.4 Å². The zero-order chi connectivity index (χ0) is 23.0. The third kappa shape index (κ3) is 5.55. The largest absolute Gasteiger partial charge is 0.467 e. The maximum atomic E-state index is 13.0. The maximum Gasteiger partial charge on any atom is 0.330 e. The van der Waals surface area contributed by atoms with Gasteiger partial charge in [-0.15, -0.1) is 0 Å². The number of aliphatic hydroxyl groups is 1. The van der Waals surface area contributed by atoms with Crippen molar-refractivity contribution >= 4 is 17.8 Å². The number of benzene rings is 1. The molecule has 1 fully saturated rings. The van der Waals surface area contributed by atoms with E-state index in [1.807, 2.05) is 30.3 Å².